The molecule has 1 fully saturated rings. The number of carboxylic acids is 4. The minimum absolute atomic E-state index is 0.00169. The number of amides is 14. The molecule has 14 amide bonds. The Morgan fingerprint density at radius 3 is 1.65 bits per heavy atom. The smallest absolute Gasteiger partial charge is 0.329 e. The number of carboxylic acid groups (broad SMARTS) is 4. The Balaban J connectivity index is 2.17. The highest BCUT2D eigenvalue weighted by atomic mass is 16.5. The lowest BCUT2D eigenvalue weighted by molar-refractivity contribution is -0.157. The molecule has 1 aliphatic rings. The van der Waals surface area contributed by atoms with E-state index in [9.17, 15) is 117 Å². The van der Waals surface area contributed by atoms with Crippen molar-refractivity contribution in [1.82, 2.24) is 74.1 Å². The topological polar surface area (TPSA) is 659 Å². The molecule has 13 unspecified atom stereocenters. The van der Waals surface area contributed by atoms with Crippen molar-refractivity contribution in [3.05, 3.63) is 36.0 Å². The van der Waals surface area contributed by atoms with Crippen molar-refractivity contribution in [3.63, 3.8) is 0 Å². The van der Waals surface area contributed by atoms with Crippen molar-refractivity contribution >= 4 is 123 Å². The summed E-state index contributed by atoms with van der Waals surface area (Å²) >= 11 is 0. The lowest BCUT2D eigenvalue weighted by atomic mass is 9.95. The maximum atomic E-state index is 14.6. The molecule has 0 radical (unpaired) electrons. The zero-order valence-corrected chi connectivity index (χ0v) is 62.2. The minimum atomic E-state index is -2.31. The second kappa shape index (κ2) is 46.7. The summed E-state index contributed by atoms with van der Waals surface area (Å²) in [5.74, 6) is -27.8. The molecule has 13 atom stereocenters. The molecule has 1 aliphatic heterocycles. The largest absolute Gasteiger partial charge is 0.481 e. The van der Waals surface area contributed by atoms with Crippen molar-refractivity contribution in [2.75, 3.05) is 26.2 Å². The number of aliphatic hydroxyl groups excluding tert-OH is 1. The summed E-state index contributed by atoms with van der Waals surface area (Å²) in [6, 6.07) is -14.5. The second-order valence-electron chi connectivity index (χ2n) is 27.4. The first-order chi connectivity index (χ1) is 51.7. The number of aromatic amines is 1. The monoisotopic (exact) mass is 1560 g/mol. The van der Waals surface area contributed by atoms with Gasteiger partial charge in [-0.3, -0.25) is 86.3 Å². The van der Waals surface area contributed by atoms with E-state index in [4.69, 9.17) is 16.2 Å². The van der Waals surface area contributed by atoms with Crippen LogP contribution in [-0.4, -0.2) is 242 Å². The van der Waals surface area contributed by atoms with Gasteiger partial charge in [0, 0.05) is 29.9 Å². The number of nitrogens with two attached hydrogens (primary N) is 2. The number of primary amides is 1. The SMILES string of the molecule is CC(C)CCCCCCCCC(=O)NC(Cc1c[nH]c2ccccc12)C(=O)NC(CC(N)=O)C(=O)NC(CC(=O)O)C(=O)NC1C(=O)NCC(=O)NC(CCCN)C(=O)NC(CC(=O)O)C(=O)NC(C)C(=O)NC(CC(=O)O)C(=O)NCC(=O)NC(CO)C(=O)NC(C(C)CC(=O)O)C(=O)NC(C(C)C)C(=O)OC1C. The van der Waals surface area contributed by atoms with Gasteiger partial charge in [-0.2, -0.15) is 0 Å². The third-order valence-corrected chi connectivity index (χ3v) is 17.3. The predicted octanol–water partition coefficient (Wildman–Crippen LogP) is -5.18. The summed E-state index contributed by atoms with van der Waals surface area (Å²) < 4.78 is 5.67. The molecule has 0 saturated carbocycles. The van der Waals surface area contributed by atoms with E-state index >= 15 is 0 Å². The van der Waals surface area contributed by atoms with E-state index in [0.717, 1.165) is 52.9 Å². The van der Waals surface area contributed by atoms with Crippen molar-refractivity contribution in [2.24, 2.45) is 29.2 Å². The van der Waals surface area contributed by atoms with Gasteiger partial charge in [-0.25, -0.2) is 4.79 Å². The highest BCUT2D eigenvalue weighted by Crippen LogP contribution is 2.21. The molecule has 41 heteroatoms. The third-order valence-electron chi connectivity index (χ3n) is 17.3. The Bertz CT molecular complexity index is 3620. The molecule has 0 bridgehead atoms. The Kier molecular flexibility index (Phi) is 39.4. The number of ether oxygens (including phenoxy) is 1. The molecule has 2 aromatic rings. The quantitative estimate of drug-likeness (QED) is 0.0230. The van der Waals surface area contributed by atoms with Crippen LogP contribution < -0.4 is 80.6 Å². The maximum Gasteiger partial charge on any atom is 0.329 e. The molecule has 41 nitrogen and oxygen atoms in total. The Morgan fingerprint density at radius 2 is 1.07 bits per heavy atom. The molecule has 1 aromatic heterocycles. The van der Waals surface area contributed by atoms with Crippen LogP contribution in [-0.2, 0) is 102 Å². The highest BCUT2D eigenvalue weighted by molar-refractivity contribution is 6.02. The minimum Gasteiger partial charge on any atom is -0.481 e. The summed E-state index contributed by atoms with van der Waals surface area (Å²) in [6.45, 7) is 6.39. The van der Waals surface area contributed by atoms with Gasteiger partial charge in [0.05, 0.1) is 51.8 Å². The van der Waals surface area contributed by atoms with Gasteiger partial charge in [0.15, 0.2) is 0 Å². The van der Waals surface area contributed by atoms with E-state index in [0.29, 0.717) is 35.2 Å². The van der Waals surface area contributed by atoms with Crippen molar-refractivity contribution in [2.45, 2.75) is 224 Å². The molecule has 1 saturated heterocycles. The Morgan fingerprint density at radius 1 is 0.545 bits per heavy atom. The average Bonchev–Trinajstić information content (AvgIpc) is 1.75. The molecule has 23 N–H and O–H groups in total. The number of cyclic esters (lactones) is 1. The fourth-order valence-electron chi connectivity index (χ4n) is 11.3. The molecule has 3 rings (SSSR count). The summed E-state index contributed by atoms with van der Waals surface area (Å²) in [7, 11) is 0. The van der Waals surface area contributed by atoms with Crippen LogP contribution in [0.1, 0.15) is 150 Å². The van der Waals surface area contributed by atoms with Gasteiger partial charge in [0.2, 0.25) is 82.7 Å². The van der Waals surface area contributed by atoms with Crippen LogP contribution in [0.3, 0.4) is 0 Å². The Hall–Kier alpha value is -11.4. The fourth-order valence-corrected chi connectivity index (χ4v) is 11.3. The first kappa shape index (κ1) is 92.8. The first-order valence-electron chi connectivity index (χ1n) is 35.8. The summed E-state index contributed by atoms with van der Waals surface area (Å²) in [5, 5.41) is 78.7. The van der Waals surface area contributed by atoms with E-state index in [2.05, 4.69) is 72.0 Å². The van der Waals surface area contributed by atoms with E-state index in [1.54, 1.807) is 30.5 Å². The lowest BCUT2D eigenvalue weighted by Gasteiger charge is -2.31. The molecular weight excluding hydrogens is 1450 g/mol. The number of benzene rings is 1. The van der Waals surface area contributed by atoms with Crippen molar-refractivity contribution < 1.29 is 121 Å². The van der Waals surface area contributed by atoms with E-state index in [-0.39, 0.29) is 32.2 Å². The third kappa shape index (κ3) is 33.0. The molecule has 1 aromatic carbocycles. The summed E-state index contributed by atoms with van der Waals surface area (Å²) in [5.41, 5.74) is 12.5. The predicted molar refractivity (Wildman–Crippen MR) is 384 cm³/mol. The molecule has 0 aliphatic carbocycles. The standard InChI is InChI=1S/C69H104N16O25/c1-33(2)17-12-10-8-9-11-13-21-49(88)77-42(24-38-29-72-40-19-15-14-18-39(38)40)63(103)80-43(25-48(71)87)64(104)82-46(28-55(97)98)65(105)85-58-37(7)110-69(109)56(34(3)4)83-68(108)57(35(5)23-52(91)92)84-66(106)47(32-86)78-51(90)30-73-60(100)44(26-53(93)94)79-59(99)36(6)75-62(102)45(27-54(95)96)81-61(101)41(20-16-22-70)76-50(89)31-74-67(58)107/h14-15,18-19,29,33-37,41-47,56-58,72,86H,8-13,16-17,20-28,30-32,70H2,1-7H3,(H2,71,87)(H,73,100)(H,74,107)(H,75,102)(H,76,89)(H,77,88)(H,78,90)(H,79,99)(H,80,103)(H,81,101)(H,82,104)(H,83,108)(H,84,106)(H,85,105)(H,91,92)(H,93,94)(H,95,96)(H,97,98). The molecule has 610 valence electrons. The number of nitrogens with one attached hydrogen (secondary N) is 14. The number of aliphatic carboxylic acids is 4. The molecule has 0 spiro atoms. The maximum absolute atomic E-state index is 14.6. The van der Waals surface area contributed by atoms with E-state index in [1.807, 2.05) is 16.0 Å². The van der Waals surface area contributed by atoms with Gasteiger partial charge in [0.25, 0.3) is 0 Å². The number of esters is 1. The van der Waals surface area contributed by atoms with Crippen LogP contribution in [0.2, 0.25) is 0 Å². The zero-order chi connectivity index (χ0) is 82.6. The van der Waals surface area contributed by atoms with Crippen molar-refractivity contribution in [1.29, 1.82) is 0 Å². The van der Waals surface area contributed by atoms with Gasteiger partial charge in [-0.1, -0.05) is 91.3 Å². The normalized spacial score (nSPS) is 21.8. The number of hydrogen-bond donors (Lipinski definition) is 21. The molecule has 110 heavy (non-hydrogen) atoms. The van der Waals surface area contributed by atoms with Crippen LogP contribution in [0.4, 0.5) is 0 Å². The van der Waals surface area contributed by atoms with Crippen LogP contribution in [0, 0.1) is 17.8 Å². The van der Waals surface area contributed by atoms with Gasteiger partial charge in [-0.05, 0) is 69.0 Å². The molecule has 2 heterocycles. The van der Waals surface area contributed by atoms with Crippen LogP contribution in [0.25, 0.3) is 10.9 Å². The van der Waals surface area contributed by atoms with Crippen molar-refractivity contribution in [3.8, 4) is 0 Å². The lowest BCUT2D eigenvalue weighted by Crippen LogP contribution is -2.62. The number of aliphatic hydroxyl groups is 1. The second-order valence-corrected chi connectivity index (χ2v) is 27.4. The van der Waals surface area contributed by atoms with E-state index in [1.165, 1.54) is 13.8 Å². The zero-order valence-electron chi connectivity index (χ0n) is 62.2. The van der Waals surface area contributed by atoms with E-state index < -0.39 is 249 Å². The van der Waals surface area contributed by atoms with Gasteiger partial charge in [0.1, 0.15) is 72.6 Å². The Labute approximate surface area is 632 Å². The first-order valence-corrected chi connectivity index (χ1v) is 35.8. The molecular formula is C69H104N16O25. The van der Waals surface area contributed by atoms with Crippen LogP contribution in [0.15, 0.2) is 30.5 Å². The van der Waals surface area contributed by atoms with Gasteiger partial charge in [-0.15, -0.1) is 0 Å². The summed E-state index contributed by atoms with van der Waals surface area (Å²) in [4.78, 5) is 260. The van der Waals surface area contributed by atoms with Gasteiger partial charge >= 0.3 is 29.8 Å². The number of fused-ring (bicyclic) bond motifs is 1. The number of hydrogen-bond acceptors (Lipinski definition) is 22. The van der Waals surface area contributed by atoms with Crippen LogP contribution in [0.5, 0.6) is 0 Å². The number of aromatic nitrogens is 1. The van der Waals surface area contributed by atoms with Crippen LogP contribution >= 0.6 is 0 Å². The fraction of sp³-hybridized carbons (Fsp3) is 0.609. The average molecular weight is 1560 g/mol. The summed E-state index contributed by atoms with van der Waals surface area (Å²) in [6.07, 6.45) is -0.441. The number of carbonyl (C=O) groups is 19. The highest BCUT2D eigenvalue weighted by Gasteiger charge is 2.41. The number of para-hydroxylation sites is 1. The number of carbonyl (C=O) groups excluding carboxylic acids is 15. The number of H-pyrrole nitrogens is 1. The number of unbranched alkanes of at least 4 members (excludes halogenated alkanes) is 5. The number of rotatable bonds is 34. The van der Waals surface area contributed by atoms with Gasteiger partial charge < -0.3 is 116 Å².